The van der Waals surface area contributed by atoms with Crippen LogP contribution in [0.3, 0.4) is 0 Å². The summed E-state index contributed by atoms with van der Waals surface area (Å²) >= 11 is 0. The highest BCUT2D eigenvalue weighted by Gasteiger charge is 2.12. The Bertz CT molecular complexity index is 806. The van der Waals surface area contributed by atoms with Crippen molar-refractivity contribution in [1.82, 2.24) is 25.2 Å². The first-order chi connectivity index (χ1) is 10.6. The Morgan fingerprint density at radius 2 is 2.18 bits per heavy atom. The number of hydrogen-bond donors (Lipinski definition) is 1. The zero-order valence-electron chi connectivity index (χ0n) is 12.3. The lowest BCUT2D eigenvalue weighted by Crippen LogP contribution is -2.23. The van der Waals surface area contributed by atoms with Crippen LogP contribution in [0.25, 0.3) is 11.4 Å². The molecule has 0 aliphatic heterocycles. The van der Waals surface area contributed by atoms with Crippen LogP contribution in [-0.2, 0) is 13.6 Å². The summed E-state index contributed by atoms with van der Waals surface area (Å²) in [6.45, 7) is 2.07. The fraction of sp³-hybridized carbons (Fsp3) is 0.200. The smallest absolute Gasteiger partial charge is 0.251 e. The van der Waals surface area contributed by atoms with Crippen LogP contribution in [0.1, 0.15) is 21.8 Å². The molecule has 0 aliphatic carbocycles. The molecule has 7 nitrogen and oxygen atoms in total. The predicted octanol–water partition coefficient (Wildman–Crippen LogP) is 1.71. The summed E-state index contributed by atoms with van der Waals surface area (Å²) in [4.78, 5) is 16.3. The maximum Gasteiger partial charge on any atom is 0.251 e. The Kier molecular flexibility index (Phi) is 3.69. The molecule has 0 radical (unpaired) electrons. The normalized spacial score (nSPS) is 10.6. The highest BCUT2D eigenvalue weighted by atomic mass is 16.5. The van der Waals surface area contributed by atoms with Crippen LogP contribution in [0, 0.1) is 6.92 Å². The minimum Gasteiger partial charge on any atom is -0.343 e. The average Bonchev–Trinajstić information content (AvgIpc) is 3.14. The second kappa shape index (κ2) is 5.80. The number of hydrogen-bond acceptors (Lipinski definition) is 5. The van der Waals surface area contributed by atoms with Crippen LogP contribution in [0.2, 0.25) is 0 Å². The molecule has 1 aromatic carbocycles. The minimum atomic E-state index is -0.167. The molecule has 0 saturated heterocycles. The van der Waals surface area contributed by atoms with E-state index in [0.717, 1.165) is 11.1 Å². The molecule has 112 valence electrons. The summed E-state index contributed by atoms with van der Waals surface area (Å²) in [6, 6.07) is 7.39. The summed E-state index contributed by atoms with van der Waals surface area (Å²) in [5, 5.41) is 10.7. The molecule has 3 rings (SSSR count). The number of benzene rings is 1. The first kappa shape index (κ1) is 14.0. The molecule has 3 aromatic rings. The van der Waals surface area contributed by atoms with E-state index in [1.165, 1.54) is 0 Å². The minimum absolute atomic E-state index is 0.167. The van der Waals surface area contributed by atoms with Gasteiger partial charge >= 0.3 is 0 Å². The van der Waals surface area contributed by atoms with E-state index in [2.05, 4.69) is 20.6 Å². The van der Waals surface area contributed by atoms with E-state index in [0.29, 0.717) is 17.3 Å². The number of carbonyl (C=O) groups excluding carboxylic acids is 1. The van der Waals surface area contributed by atoms with Crippen LogP contribution in [-0.4, -0.2) is 25.8 Å². The van der Waals surface area contributed by atoms with Crippen LogP contribution >= 0.6 is 0 Å². The molecule has 7 heteroatoms. The van der Waals surface area contributed by atoms with Crippen molar-refractivity contribution in [3.63, 3.8) is 0 Å². The van der Waals surface area contributed by atoms with E-state index in [1.807, 2.05) is 32.2 Å². The Morgan fingerprint density at radius 1 is 1.36 bits per heavy atom. The molecule has 0 saturated carbocycles. The fourth-order valence-corrected chi connectivity index (χ4v) is 2.06. The highest BCUT2D eigenvalue weighted by Crippen LogP contribution is 2.14. The van der Waals surface area contributed by atoms with Crippen molar-refractivity contribution in [2.24, 2.45) is 7.05 Å². The van der Waals surface area contributed by atoms with Gasteiger partial charge in [0.2, 0.25) is 11.7 Å². The number of rotatable bonds is 4. The number of aromatic nitrogens is 4. The van der Waals surface area contributed by atoms with Crippen molar-refractivity contribution in [3.05, 3.63) is 53.7 Å². The lowest BCUT2D eigenvalue weighted by molar-refractivity contribution is 0.0945. The third-order valence-electron chi connectivity index (χ3n) is 3.22. The van der Waals surface area contributed by atoms with Gasteiger partial charge in [-0.3, -0.25) is 9.48 Å². The molecule has 0 bridgehead atoms. The Hall–Kier alpha value is -2.96. The van der Waals surface area contributed by atoms with Gasteiger partial charge < -0.3 is 9.84 Å². The largest absolute Gasteiger partial charge is 0.343 e. The predicted molar refractivity (Wildman–Crippen MR) is 78.8 cm³/mol. The standard InChI is InChI=1S/C15H15N5O2/c1-10-5-3-4-6-12(10)15(21)16-8-13-18-14(19-22-13)11-7-17-20(2)9-11/h3-7,9H,8H2,1-2H3,(H,16,21). The van der Waals surface area contributed by atoms with Gasteiger partial charge in [-0.25, -0.2) is 0 Å². The molecule has 0 atom stereocenters. The fourth-order valence-electron chi connectivity index (χ4n) is 2.06. The lowest BCUT2D eigenvalue weighted by atomic mass is 10.1. The van der Waals surface area contributed by atoms with Crippen molar-refractivity contribution in [2.75, 3.05) is 0 Å². The number of nitrogens with one attached hydrogen (secondary N) is 1. The molecular weight excluding hydrogens is 282 g/mol. The van der Waals surface area contributed by atoms with E-state index in [1.54, 1.807) is 23.1 Å². The maximum absolute atomic E-state index is 12.1. The second-order valence-corrected chi connectivity index (χ2v) is 4.91. The molecule has 2 heterocycles. The Balaban J connectivity index is 1.66. The van der Waals surface area contributed by atoms with Gasteiger partial charge in [-0.2, -0.15) is 10.1 Å². The summed E-state index contributed by atoms with van der Waals surface area (Å²) in [5.41, 5.74) is 2.32. The SMILES string of the molecule is Cc1ccccc1C(=O)NCc1nc(-c2cnn(C)c2)no1. The van der Waals surface area contributed by atoms with Crippen molar-refractivity contribution >= 4 is 5.91 Å². The van der Waals surface area contributed by atoms with Crippen molar-refractivity contribution in [3.8, 4) is 11.4 Å². The number of carbonyl (C=O) groups is 1. The van der Waals surface area contributed by atoms with Crippen LogP contribution in [0.4, 0.5) is 0 Å². The molecule has 22 heavy (non-hydrogen) atoms. The molecule has 0 spiro atoms. The topological polar surface area (TPSA) is 85.8 Å². The van der Waals surface area contributed by atoms with Gasteiger partial charge in [0.1, 0.15) is 0 Å². The van der Waals surface area contributed by atoms with Gasteiger partial charge in [0.05, 0.1) is 18.3 Å². The van der Waals surface area contributed by atoms with E-state index >= 15 is 0 Å². The van der Waals surface area contributed by atoms with E-state index in [4.69, 9.17) is 4.52 Å². The lowest BCUT2D eigenvalue weighted by Gasteiger charge is -2.04. The van der Waals surface area contributed by atoms with Gasteiger partial charge in [0.15, 0.2) is 0 Å². The maximum atomic E-state index is 12.1. The monoisotopic (exact) mass is 297 g/mol. The summed E-state index contributed by atoms with van der Waals surface area (Å²) < 4.78 is 6.79. The summed E-state index contributed by atoms with van der Waals surface area (Å²) in [6.07, 6.45) is 3.45. The van der Waals surface area contributed by atoms with Crippen molar-refractivity contribution < 1.29 is 9.32 Å². The van der Waals surface area contributed by atoms with E-state index < -0.39 is 0 Å². The van der Waals surface area contributed by atoms with E-state index in [-0.39, 0.29) is 12.5 Å². The van der Waals surface area contributed by atoms with Crippen LogP contribution < -0.4 is 5.32 Å². The Labute approximate surface area is 127 Å². The molecule has 2 aromatic heterocycles. The van der Waals surface area contributed by atoms with Gasteiger partial charge in [-0.05, 0) is 18.6 Å². The first-order valence-corrected chi connectivity index (χ1v) is 6.79. The third kappa shape index (κ3) is 2.88. The first-order valence-electron chi connectivity index (χ1n) is 6.79. The Morgan fingerprint density at radius 3 is 2.91 bits per heavy atom. The van der Waals surface area contributed by atoms with Gasteiger partial charge in [0, 0.05) is 18.8 Å². The molecule has 1 amide bonds. The molecule has 0 fully saturated rings. The van der Waals surface area contributed by atoms with Crippen molar-refractivity contribution in [1.29, 1.82) is 0 Å². The quantitative estimate of drug-likeness (QED) is 0.792. The van der Waals surface area contributed by atoms with Crippen LogP contribution in [0.5, 0.6) is 0 Å². The molecule has 1 N–H and O–H groups in total. The van der Waals surface area contributed by atoms with E-state index in [9.17, 15) is 4.79 Å². The zero-order chi connectivity index (χ0) is 15.5. The summed E-state index contributed by atoms with van der Waals surface area (Å²) in [5.74, 6) is 0.633. The molecule has 0 unspecified atom stereocenters. The third-order valence-corrected chi connectivity index (χ3v) is 3.22. The number of aryl methyl sites for hydroxylation is 2. The van der Waals surface area contributed by atoms with Gasteiger partial charge in [-0.15, -0.1) is 0 Å². The number of amides is 1. The second-order valence-electron chi connectivity index (χ2n) is 4.91. The zero-order valence-corrected chi connectivity index (χ0v) is 12.3. The molecular formula is C15H15N5O2. The highest BCUT2D eigenvalue weighted by molar-refractivity contribution is 5.95. The summed E-state index contributed by atoms with van der Waals surface area (Å²) in [7, 11) is 1.81. The van der Waals surface area contributed by atoms with Crippen LogP contribution in [0.15, 0.2) is 41.2 Å². The molecule has 0 aliphatic rings. The van der Waals surface area contributed by atoms with Crippen molar-refractivity contribution in [2.45, 2.75) is 13.5 Å². The van der Waals surface area contributed by atoms with Gasteiger partial charge in [-0.1, -0.05) is 23.4 Å². The average molecular weight is 297 g/mol. The number of nitrogens with zero attached hydrogens (tertiary/aromatic N) is 4. The van der Waals surface area contributed by atoms with Gasteiger partial charge in [0.25, 0.3) is 5.91 Å².